The normalized spacial score (nSPS) is 12.3. The summed E-state index contributed by atoms with van der Waals surface area (Å²) >= 11 is 7.43. The lowest BCUT2D eigenvalue weighted by Gasteiger charge is -2.07. The van der Waals surface area contributed by atoms with E-state index in [0.717, 1.165) is 6.07 Å². The standard InChI is InChI=1S/C8H3ClF3IN2/c9-5-1-3(8(10,11)12)6-7(15-5)4(13)2-14-6/h1-2,14H. The molecule has 15 heavy (non-hydrogen) atoms. The van der Waals surface area contributed by atoms with Crippen LogP contribution in [-0.2, 0) is 6.18 Å². The molecule has 2 aromatic heterocycles. The minimum atomic E-state index is -4.43. The third kappa shape index (κ3) is 1.92. The fourth-order valence-electron chi connectivity index (χ4n) is 1.26. The van der Waals surface area contributed by atoms with Crippen LogP contribution in [0.1, 0.15) is 5.56 Å². The molecule has 0 aliphatic carbocycles. The summed E-state index contributed by atoms with van der Waals surface area (Å²) in [7, 11) is 0. The van der Waals surface area contributed by atoms with Gasteiger partial charge in [0.1, 0.15) is 10.7 Å². The molecule has 0 saturated heterocycles. The zero-order valence-electron chi connectivity index (χ0n) is 6.99. The summed E-state index contributed by atoms with van der Waals surface area (Å²) in [5, 5.41) is -0.160. The summed E-state index contributed by atoms with van der Waals surface area (Å²) in [6, 6.07) is 0.816. The van der Waals surface area contributed by atoms with Gasteiger partial charge in [0.15, 0.2) is 0 Å². The summed E-state index contributed by atoms with van der Waals surface area (Å²) in [4.78, 5) is 6.38. The van der Waals surface area contributed by atoms with Crippen LogP contribution in [0.15, 0.2) is 12.3 Å². The van der Waals surface area contributed by atoms with Crippen LogP contribution in [0.4, 0.5) is 13.2 Å². The van der Waals surface area contributed by atoms with Gasteiger partial charge in [0.25, 0.3) is 0 Å². The lowest BCUT2D eigenvalue weighted by Crippen LogP contribution is -2.06. The van der Waals surface area contributed by atoms with Gasteiger partial charge in [-0.1, -0.05) is 11.6 Å². The summed E-state index contributed by atoms with van der Waals surface area (Å²) in [6.45, 7) is 0. The number of rotatable bonds is 0. The average Bonchev–Trinajstić information content (AvgIpc) is 2.45. The van der Waals surface area contributed by atoms with Crippen molar-refractivity contribution in [2.75, 3.05) is 0 Å². The number of pyridine rings is 1. The molecule has 0 amide bonds. The van der Waals surface area contributed by atoms with E-state index in [0.29, 0.717) is 3.57 Å². The number of nitrogens with one attached hydrogen (secondary N) is 1. The average molecular weight is 346 g/mol. The van der Waals surface area contributed by atoms with Gasteiger partial charge in [0, 0.05) is 6.20 Å². The molecule has 0 unspecified atom stereocenters. The molecule has 0 aromatic carbocycles. The highest BCUT2D eigenvalue weighted by Crippen LogP contribution is 2.36. The van der Waals surface area contributed by atoms with Crippen LogP contribution in [0, 0.1) is 3.57 Å². The molecule has 0 spiro atoms. The zero-order valence-corrected chi connectivity index (χ0v) is 9.91. The lowest BCUT2D eigenvalue weighted by molar-refractivity contribution is -0.136. The first-order valence-electron chi connectivity index (χ1n) is 3.80. The maximum atomic E-state index is 12.6. The molecule has 2 heterocycles. The Bertz CT molecular complexity index is 520. The van der Waals surface area contributed by atoms with Crippen molar-refractivity contribution in [2.45, 2.75) is 6.18 Å². The van der Waals surface area contributed by atoms with Crippen LogP contribution in [0.2, 0.25) is 5.15 Å². The SMILES string of the molecule is FC(F)(F)c1cc(Cl)nc2c(I)c[nH]c12. The summed E-state index contributed by atoms with van der Waals surface area (Å²) in [5.74, 6) is 0. The van der Waals surface area contributed by atoms with Gasteiger partial charge in [0.05, 0.1) is 14.7 Å². The number of hydrogen-bond acceptors (Lipinski definition) is 1. The largest absolute Gasteiger partial charge is 0.418 e. The maximum absolute atomic E-state index is 12.6. The maximum Gasteiger partial charge on any atom is 0.418 e. The highest BCUT2D eigenvalue weighted by molar-refractivity contribution is 14.1. The van der Waals surface area contributed by atoms with E-state index >= 15 is 0 Å². The molecule has 0 aliphatic heterocycles. The van der Waals surface area contributed by atoms with Crippen molar-refractivity contribution >= 4 is 45.2 Å². The number of halogens is 5. The number of hydrogen-bond donors (Lipinski definition) is 1. The first kappa shape index (κ1) is 11.0. The Morgan fingerprint density at radius 3 is 2.67 bits per heavy atom. The van der Waals surface area contributed by atoms with Crippen molar-refractivity contribution in [3.05, 3.63) is 26.5 Å². The number of fused-ring (bicyclic) bond motifs is 1. The predicted octanol–water partition coefficient (Wildman–Crippen LogP) is 3.84. The second-order valence-electron chi connectivity index (χ2n) is 2.85. The van der Waals surface area contributed by atoms with E-state index in [1.807, 2.05) is 22.6 Å². The molecule has 2 nitrogen and oxygen atoms in total. The fourth-order valence-corrected chi connectivity index (χ4v) is 2.00. The van der Waals surface area contributed by atoms with E-state index in [1.165, 1.54) is 6.20 Å². The molecule has 7 heteroatoms. The highest BCUT2D eigenvalue weighted by atomic mass is 127. The number of nitrogens with zero attached hydrogens (tertiary/aromatic N) is 1. The number of H-pyrrole nitrogens is 1. The molecule has 1 N–H and O–H groups in total. The molecule has 2 aromatic rings. The van der Waals surface area contributed by atoms with E-state index in [1.54, 1.807) is 0 Å². The molecule has 0 radical (unpaired) electrons. The van der Waals surface area contributed by atoms with Gasteiger partial charge in [-0.3, -0.25) is 0 Å². The van der Waals surface area contributed by atoms with Crippen LogP contribution in [0.3, 0.4) is 0 Å². The van der Waals surface area contributed by atoms with Crippen molar-refractivity contribution in [1.29, 1.82) is 0 Å². The van der Waals surface area contributed by atoms with Crippen molar-refractivity contribution in [2.24, 2.45) is 0 Å². The molecule has 80 valence electrons. The topological polar surface area (TPSA) is 28.7 Å². The van der Waals surface area contributed by atoms with Crippen molar-refractivity contribution in [3.63, 3.8) is 0 Å². The summed E-state index contributed by atoms with van der Waals surface area (Å²) in [5.41, 5.74) is -0.577. The van der Waals surface area contributed by atoms with E-state index in [-0.39, 0.29) is 16.2 Å². The second kappa shape index (κ2) is 3.51. The Morgan fingerprint density at radius 1 is 1.40 bits per heavy atom. The third-order valence-electron chi connectivity index (χ3n) is 1.86. The predicted molar refractivity (Wildman–Crippen MR) is 58.8 cm³/mol. The van der Waals surface area contributed by atoms with E-state index < -0.39 is 11.7 Å². The first-order valence-corrected chi connectivity index (χ1v) is 5.25. The van der Waals surface area contributed by atoms with Gasteiger partial charge >= 0.3 is 6.18 Å². The van der Waals surface area contributed by atoms with Crippen LogP contribution >= 0.6 is 34.2 Å². The molecule has 0 fully saturated rings. The summed E-state index contributed by atoms with van der Waals surface area (Å²) in [6.07, 6.45) is -2.97. The first-order chi connectivity index (χ1) is 6.89. The molecular weight excluding hydrogens is 343 g/mol. The Kier molecular flexibility index (Phi) is 2.58. The van der Waals surface area contributed by atoms with Gasteiger partial charge < -0.3 is 4.98 Å². The Labute approximate surface area is 101 Å². The Morgan fingerprint density at radius 2 is 2.07 bits per heavy atom. The fraction of sp³-hybridized carbons (Fsp3) is 0.125. The monoisotopic (exact) mass is 346 g/mol. The second-order valence-corrected chi connectivity index (χ2v) is 4.40. The Hall–Kier alpha value is -0.500. The molecular formula is C8H3ClF3IN2. The van der Waals surface area contributed by atoms with Crippen molar-refractivity contribution in [1.82, 2.24) is 9.97 Å². The number of alkyl halides is 3. The third-order valence-corrected chi connectivity index (χ3v) is 2.88. The van der Waals surface area contributed by atoms with Gasteiger partial charge in [-0.25, -0.2) is 4.98 Å². The lowest BCUT2D eigenvalue weighted by atomic mass is 10.2. The van der Waals surface area contributed by atoms with Crippen LogP contribution < -0.4 is 0 Å². The number of aromatic amines is 1. The number of aromatic nitrogens is 2. The van der Waals surface area contributed by atoms with E-state index in [2.05, 4.69) is 9.97 Å². The molecule has 0 saturated carbocycles. The molecule has 2 rings (SSSR count). The molecule has 0 aliphatic rings. The van der Waals surface area contributed by atoms with Gasteiger partial charge in [0.2, 0.25) is 0 Å². The molecule has 0 atom stereocenters. The van der Waals surface area contributed by atoms with Crippen LogP contribution in [0.5, 0.6) is 0 Å². The summed E-state index contributed by atoms with van der Waals surface area (Å²) < 4.78 is 38.4. The minimum Gasteiger partial charge on any atom is -0.358 e. The van der Waals surface area contributed by atoms with Crippen LogP contribution in [-0.4, -0.2) is 9.97 Å². The van der Waals surface area contributed by atoms with E-state index in [4.69, 9.17) is 11.6 Å². The van der Waals surface area contributed by atoms with Gasteiger partial charge in [-0.2, -0.15) is 13.2 Å². The van der Waals surface area contributed by atoms with Gasteiger partial charge in [-0.05, 0) is 28.7 Å². The Balaban J connectivity index is 2.84. The molecule has 0 bridgehead atoms. The highest BCUT2D eigenvalue weighted by Gasteiger charge is 2.34. The minimum absolute atomic E-state index is 0.0312. The van der Waals surface area contributed by atoms with E-state index in [9.17, 15) is 13.2 Å². The van der Waals surface area contributed by atoms with Crippen LogP contribution in [0.25, 0.3) is 11.0 Å². The smallest absolute Gasteiger partial charge is 0.358 e. The zero-order chi connectivity index (χ0) is 11.2. The van der Waals surface area contributed by atoms with Crippen molar-refractivity contribution in [3.8, 4) is 0 Å². The van der Waals surface area contributed by atoms with Gasteiger partial charge in [-0.15, -0.1) is 0 Å². The van der Waals surface area contributed by atoms with Crippen molar-refractivity contribution < 1.29 is 13.2 Å². The quantitative estimate of drug-likeness (QED) is 0.570.